The van der Waals surface area contributed by atoms with Crippen LogP contribution in [-0.2, 0) is 14.3 Å². The van der Waals surface area contributed by atoms with E-state index < -0.39 is 17.5 Å². The number of nitrogens with zero attached hydrogens (tertiary/aromatic N) is 1. The highest BCUT2D eigenvalue weighted by Gasteiger charge is 2.27. The molecule has 2 N–H and O–H groups in total. The molecule has 230 valence electrons. The van der Waals surface area contributed by atoms with Crippen molar-refractivity contribution in [3.63, 3.8) is 0 Å². The third-order valence-electron chi connectivity index (χ3n) is 6.63. The Bertz CT molecular complexity index is 1470. The monoisotopic (exact) mass is 691 g/mol. The van der Waals surface area contributed by atoms with Crippen LogP contribution in [0.4, 0.5) is 16.2 Å². The summed E-state index contributed by atoms with van der Waals surface area (Å²) >= 11 is 10.8. The normalized spacial score (nSPS) is 13.8. The van der Waals surface area contributed by atoms with Crippen LogP contribution < -0.4 is 15.4 Å². The topological polar surface area (TPSA) is 106 Å². The first-order valence-electron chi connectivity index (χ1n) is 13.8. The number of anilines is 2. The minimum atomic E-state index is -0.653. The largest absolute Gasteiger partial charge is 0.479 e. The Balaban J connectivity index is 1.37. The molecule has 1 aliphatic rings. The number of carbonyl (C=O) groups is 3. The van der Waals surface area contributed by atoms with E-state index in [9.17, 15) is 14.4 Å². The van der Waals surface area contributed by atoms with Crippen LogP contribution in [0.2, 0.25) is 5.02 Å². The van der Waals surface area contributed by atoms with Gasteiger partial charge in [0.2, 0.25) is 0 Å². The highest BCUT2D eigenvalue weighted by molar-refractivity contribution is 9.10. The number of benzene rings is 2. The third kappa shape index (κ3) is 9.11. The molecule has 2 aromatic carbocycles. The van der Waals surface area contributed by atoms with Crippen molar-refractivity contribution >= 4 is 68.2 Å². The van der Waals surface area contributed by atoms with Gasteiger partial charge in [0.25, 0.3) is 0 Å². The Morgan fingerprint density at radius 1 is 1.07 bits per heavy atom. The fourth-order valence-electron chi connectivity index (χ4n) is 4.58. The fraction of sp³-hybridized carbons (Fsp3) is 0.387. The molecule has 9 nitrogen and oxygen atoms in total. The van der Waals surface area contributed by atoms with E-state index in [0.717, 1.165) is 35.5 Å². The average Bonchev–Trinajstić information content (AvgIpc) is 3.30. The molecule has 0 bridgehead atoms. The molecule has 1 saturated heterocycles. The summed E-state index contributed by atoms with van der Waals surface area (Å²) in [5.41, 5.74) is 1.82. The maximum absolute atomic E-state index is 12.7. The van der Waals surface area contributed by atoms with Crippen LogP contribution in [0.25, 0.3) is 10.4 Å². The minimum Gasteiger partial charge on any atom is -0.479 e. The number of halogens is 2. The molecule has 0 atom stereocenters. The van der Waals surface area contributed by atoms with Crippen LogP contribution in [-0.4, -0.2) is 61.8 Å². The van der Waals surface area contributed by atoms with E-state index in [-0.39, 0.29) is 23.3 Å². The standard InChI is InChI=1S/C31H35BrClN3O6S/c1-31(2,3)42-24(37)18-41-26-25(32)27(43-28(26)29(38)40-4)20-7-5-9-22(15-20)34-17-19-11-13-36(14-12-19)30(39)35-23-10-6-8-21(33)16-23/h5-10,15-16,19,34H,11-14,17-18H2,1-4H3,(H,35,39). The average molecular weight is 693 g/mol. The Morgan fingerprint density at radius 2 is 1.77 bits per heavy atom. The van der Waals surface area contributed by atoms with Gasteiger partial charge >= 0.3 is 18.0 Å². The summed E-state index contributed by atoms with van der Waals surface area (Å²) in [7, 11) is 1.30. The van der Waals surface area contributed by atoms with Gasteiger partial charge in [0.15, 0.2) is 17.2 Å². The van der Waals surface area contributed by atoms with Crippen LogP contribution in [0.15, 0.2) is 53.0 Å². The van der Waals surface area contributed by atoms with E-state index in [0.29, 0.717) is 34.2 Å². The second-order valence-corrected chi connectivity index (χ2v) is 13.4. The highest BCUT2D eigenvalue weighted by atomic mass is 79.9. The summed E-state index contributed by atoms with van der Waals surface area (Å²) < 4.78 is 16.6. The lowest BCUT2D eigenvalue weighted by Crippen LogP contribution is -2.42. The van der Waals surface area contributed by atoms with E-state index in [1.54, 1.807) is 39.0 Å². The molecule has 4 rings (SSSR count). The van der Waals surface area contributed by atoms with Crippen molar-refractivity contribution in [2.45, 2.75) is 39.2 Å². The number of carbonyl (C=O) groups excluding carboxylic acids is 3. The van der Waals surface area contributed by atoms with Gasteiger partial charge in [-0.05, 0) is 91.4 Å². The van der Waals surface area contributed by atoms with E-state index in [1.165, 1.54) is 18.4 Å². The molecule has 43 heavy (non-hydrogen) atoms. The second-order valence-electron chi connectivity index (χ2n) is 11.1. The number of urea groups is 1. The number of esters is 2. The zero-order valence-corrected chi connectivity index (χ0v) is 27.7. The Morgan fingerprint density at radius 3 is 2.44 bits per heavy atom. The van der Waals surface area contributed by atoms with Gasteiger partial charge in [-0.25, -0.2) is 14.4 Å². The van der Waals surface area contributed by atoms with Crippen molar-refractivity contribution in [3.8, 4) is 16.2 Å². The summed E-state index contributed by atoms with van der Waals surface area (Å²) in [5, 5.41) is 7.01. The van der Waals surface area contributed by atoms with E-state index >= 15 is 0 Å². The van der Waals surface area contributed by atoms with E-state index in [2.05, 4.69) is 26.6 Å². The van der Waals surface area contributed by atoms with Gasteiger partial charge in [-0.3, -0.25) is 0 Å². The number of thiophene rings is 1. The number of amides is 2. The molecule has 1 aromatic heterocycles. The van der Waals surface area contributed by atoms with Gasteiger partial charge < -0.3 is 29.7 Å². The van der Waals surface area contributed by atoms with Crippen molar-refractivity contribution < 1.29 is 28.6 Å². The summed E-state index contributed by atoms with van der Waals surface area (Å²) in [4.78, 5) is 40.3. The molecule has 0 aliphatic carbocycles. The molecule has 1 fully saturated rings. The van der Waals surface area contributed by atoms with Crippen molar-refractivity contribution in [2.24, 2.45) is 5.92 Å². The lowest BCUT2D eigenvalue weighted by Gasteiger charge is -2.32. The van der Waals surface area contributed by atoms with Gasteiger partial charge in [0.05, 0.1) is 16.5 Å². The molecule has 2 heterocycles. The third-order valence-corrected chi connectivity index (χ3v) is 9.09. The molecule has 0 radical (unpaired) electrons. The second kappa shape index (κ2) is 14.5. The summed E-state index contributed by atoms with van der Waals surface area (Å²) in [6.07, 6.45) is 1.76. The van der Waals surface area contributed by atoms with Crippen LogP contribution in [0.3, 0.4) is 0 Å². The zero-order chi connectivity index (χ0) is 31.1. The van der Waals surface area contributed by atoms with Crippen molar-refractivity contribution in [3.05, 3.63) is 62.9 Å². The molecular formula is C31H35BrClN3O6S. The summed E-state index contributed by atoms with van der Waals surface area (Å²) in [5.74, 6) is -0.451. The van der Waals surface area contributed by atoms with Crippen LogP contribution in [0.5, 0.6) is 5.75 Å². The number of ether oxygens (including phenoxy) is 3. The highest BCUT2D eigenvalue weighted by Crippen LogP contribution is 2.46. The number of piperidine rings is 1. The fourth-order valence-corrected chi connectivity index (χ4v) is 6.74. The molecule has 0 unspecified atom stereocenters. The first kappa shape index (κ1) is 32.6. The van der Waals surface area contributed by atoms with Gasteiger partial charge in [-0.2, -0.15) is 0 Å². The number of nitrogens with one attached hydrogen (secondary N) is 2. The van der Waals surface area contributed by atoms with Gasteiger partial charge in [0, 0.05) is 36.0 Å². The minimum absolute atomic E-state index is 0.122. The van der Waals surface area contributed by atoms with Gasteiger partial charge in [0.1, 0.15) is 5.60 Å². The number of hydrogen-bond donors (Lipinski definition) is 2. The SMILES string of the molecule is COC(=O)c1sc(-c2cccc(NCC3CCN(C(=O)Nc4cccc(Cl)c4)CC3)c2)c(Br)c1OCC(=O)OC(C)(C)C. The number of likely N-dealkylation sites (tertiary alicyclic amines) is 1. The first-order valence-corrected chi connectivity index (χ1v) is 15.8. The molecule has 0 saturated carbocycles. The number of methoxy groups -OCH3 is 1. The zero-order valence-electron chi connectivity index (χ0n) is 24.5. The Labute approximate surface area is 269 Å². The maximum atomic E-state index is 12.7. The van der Waals surface area contributed by atoms with Crippen LogP contribution >= 0.6 is 38.9 Å². The molecule has 3 aromatic rings. The van der Waals surface area contributed by atoms with E-state index in [1.807, 2.05) is 35.2 Å². The van der Waals surface area contributed by atoms with Crippen LogP contribution in [0, 0.1) is 5.92 Å². The maximum Gasteiger partial charge on any atom is 0.351 e. The lowest BCUT2D eigenvalue weighted by molar-refractivity contribution is -0.157. The lowest BCUT2D eigenvalue weighted by atomic mass is 9.97. The van der Waals surface area contributed by atoms with Gasteiger partial charge in [-0.15, -0.1) is 11.3 Å². The Hall–Kier alpha value is -3.28. The first-order chi connectivity index (χ1) is 20.4. The quantitative estimate of drug-likeness (QED) is 0.222. The number of hydrogen-bond acceptors (Lipinski definition) is 8. The van der Waals surface area contributed by atoms with Crippen molar-refractivity contribution in [1.82, 2.24) is 4.90 Å². The molecule has 0 spiro atoms. The van der Waals surface area contributed by atoms with Gasteiger partial charge in [-0.1, -0.05) is 29.8 Å². The molecule has 2 amide bonds. The molecule has 1 aliphatic heterocycles. The smallest absolute Gasteiger partial charge is 0.351 e. The molecular weight excluding hydrogens is 658 g/mol. The Kier molecular flexibility index (Phi) is 11.0. The van der Waals surface area contributed by atoms with Crippen LogP contribution in [0.1, 0.15) is 43.3 Å². The van der Waals surface area contributed by atoms with Crippen molar-refractivity contribution in [2.75, 3.05) is 44.0 Å². The predicted molar refractivity (Wildman–Crippen MR) is 173 cm³/mol. The predicted octanol–water partition coefficient (Wildman–Crippen LogP) is 7.69. The molecule has 12 heteroatoms. The van der Waals surface area contributed by atoms with Crippen molar-refractivity contribution in [1.29, 1.82) is 0 Å². The van der Waals surface area contributed by atoms with E-state index in [4.69, 9.17) is 25.8 Å². The summed E-state index contributed by atoms with van der Waals surface area (Å²) in [6.45, 7) is 7.07. The number of rotatable bonds is 9. The summed E-state index contributed by atoms with van der Waals surface area (Å²) in [6, 6.07) is 14.9.